The average Bonchev–Trinajstić information content (AvgIpc) is 3.24. The molecular formula is C14H12FN3O3. The molecule has 21 heavy (non-hydrogen) atoms. The Hall–Kier alpha value is -2.70. The number of benzene rings is 1. The van der Waals surface area contributed by atoms with Gasteiger partial charge in [0.15, 0.2) is 0 Å². The second-order valence-electron chi connectivity index (χ2n) is 4.91. The fourth-order valence-corrected chi connectivity index (χ4v) is 1.98. The van der Waals surface area contributed by atoms with Crippen LogP contribution in [0.5, 0.6) is 0 Å². The van der Waals surface area contributed by atoms with Gasteiger partial charge >= 0.3 is 5.97 Å². The first kappa shape index (κ1) is 13.3. The maximum absolute atomic E-state index is 13.8. The van der Waals surface area contributed by atoms with E-state index in [-0.39, 0.29) is 28.5 Å². The summed E-state index contributed by atoms with van der Waals surface area (Å²) in [6.45, 7) is 0. The molecule has 0 bridgehead atoms. The lowest BCUT2D eigenvalue weighted by Crippen LogP contribution is -2.12. The van der Waals surface area contributed by atoms with Gasteiger partial charge in [0.2, 0.25) is 0 Å². The normalized spacial score (nSPS) is 14.0. The first-order valence-electron chi connectivity index (χ1n) is 6.44. The zero-order valence-corrected chi connectivity index (χ0v) is 10.9. The Morgan fingerprint density at radius 3 is 2.76 bits per heavy atom. The topological polar surface area (TPSA) is 95.1 Å². The van der Waals surface area contributed by atoms with Gasteiger partial charge in [0, 0.05) is 12.0 Å². The van der Waals surface area contributed by atoms with Gasteiger partial charge in [0.05, 0.1) is 11.3 Å². The lowest BCUT2D eigenvalue weighted by Gasteiger charge is -2.08. The summed E-state index contributed by atoms with van der Waals surface area (Å²) in [5.41, 5.74) is -0.382. The molecule has 1 aliphatic carbocycles. The molecule has 3 N–H and O–H groups in total. The molecule has 0 atom stereocenters. The summed E-state index contributed by atoms with van der Waals surface area (Å²) in [4.78, 5) is 29.2. The molecule has 7 heteroatoms. The number of hydrogen-bond donors (Lipinski definition) is 3. The van der Waals surface area contributed by atoms with Gasteiger partial charge in [0.1, 0.15) is 17.5 Å². The molecule has 6 nitrogen and oxygen atoms in total. The number of nitrogens with zero attached hydrogens (tertiary/aromatic N) is 1. The van der Waals surface area contributed by atoms with Crippen LogP contribution in [0.4, 0.5) is 15.9 Å². The quantitative estimate of drug-likeness (QED) is 0.802. The monoisotopic (exact) mass is 289 g/mol. The zero-order valence-electron chi connectivity index (χ0n) is 10.9. The average molecular weight is 289 g/mol. The lowest BCUT2D eigenvalue weighted by molar-refractivity contribution is 0.0696. The van der Waals surface area contributed by atoms with Crippen LogP contribution in [0.3, 0.4) is 0 Å². The number of nitrogens with one attached hydrogen (secondary N) is 2. The Bertz CT molecular complexity index is 768. The maximum Gasteiger partial charge on any atom is 0.335 e. The standard InChI is InChI=1S/C14H12FN3O3/c15-9-5-8(14(20)21)3-4-10(9)16-11-6-12(19)18-13(17-11)7-1-2-7/h3-7H,1-2H2,(H,20,21)(H2,16,17,18,19). The Balaban J connectivity index is 1.89. The number of aromatic nitrogens is 2. The predicted molar refractivity (Wildman–Crippen MR) is 73.5 cm³/mol. The van der Waals surface area contributed by atoms with E-state index >= 15 is 0 Å². The minimum absolute atomic E-state index is 0.0693. The molecule has 0 unspecified atom stereocenters. The number of aromatic carboxylic acids is 1. The van der Waals surface area contributed by atoms with Gasteiger partial charge in [0.25, 0.3) is 5.56 Å². The Labute approximate surface area is 118 Å². The van der Waals surface area contributed by atoms with Crippen molar-refractivity contribution < 1.29 is 14.3 Å². The highest BCUT2D eigenvalue weighted by molar-refractivity contribution is 5.88. The summed E-state index contributed by atoms with van der Waals surface area (Å²) in [6, 6.07) is 4.73. The highest BCUT2D eigenvalue weighted by Gasteiger charge is 2.26. The minimum atomic E-state index is -1.20. The fourth-order valence-electron chi connectivity index (χ4n) is 1.98. The Morgan fingerprint density at radius 1 is 1.38 bits per heavy atom. The Kier molecular flexibility index (Phi) is 3.17. The van der Waals surface area contributed by atoms with Crippen molar-refractivity contribution in [2.75, 3.05) is 5.32 Å². The van der Waals surface area contributed by atoms with E-state index in [0.29, 0.717) is 5.82 Å². The second-order valence-corrected chi connectivity index (χ2v) is 4.91. The van der Waals surface area contributed by atoms with Crippen molar-refractivity contribution in [3.8, 4) is 0 Å². The first-order valence-corrected chi connectivity index (χ1v) is 6.44. The van der Waals surface area contributed by atoms with Crippen molar-refractivity contribution in [2.24, 2.45) is 0 Å². The summed E-state index contributed by atoms with van der Waals surface area (Å²) in [5, 5.41) is 11.5. The van der Waals surface area contributed by atoms with Gasteiger partial charge in [-0.2, -0.15) is 0 Å². The summed E-state index contributed by atoms with van der Waals surface area (Å²) in [6.07, 6.45) is 1.96. The van der Waals surface area contributed by atoms with Crippen molar-refractivity contribution in [3.63, 3.8) is 0 Å². The Morgan fingerprint density at radius 2 is 2.14 bits per heavy atom. The minimum Gasteiger partial charge on any atom is -0.478 e. The van der Waals surface area contributed by atoms with Crippen molar-refractivity contribution >= 4 is 17.5 Å². The van der Waals surface area contributed by atoms with Crippen LogP contribution in [0.1, 0.15) is 34.9 Å². The van der Waals surface area contributed by atoms with E-state index in [1.54, 1.807) is 0 Å². The number of halogens is 1. The number of aromatic amines is 1. The smallest absolute Gasteiger partial charge is 0.335 e. The summed E-state index contributed by atoms with van der Waals surface area (Å²) in [5.74, 6) is -0.829. The van der Waals surface area contributed by atoms with E-state index in [1.165, 1.54) is 18.2 Å². The second kappa shape index (κ2) is 5.01. The third-order valence-electron chi connectivity index (χ3n) is 3.20. The molecular weight excluding hydrogens is 277 g/mol. The van der Waals surface area contributed by atoms with Gasteiger partial charge in [-0.25, -0.2) is 14.2 Å². The van der Waals surface area contributed by atoms with Crippen LogP contribution in [0.15, 0.2) is 29.1 Å². The van der Waals surface area contributed by atoms with Crippen LogP contribution in [0.2, 0.25) is 0 Å². The molecule has 0 spiro atoms. The molecule has 0 aliphatic heterocycles. The molecule has 1 heterocycles. The molecule has 2 aromatic rings. The van der Waals surface area contributed by atoms with E-state index < -0.39 is 11.8 Å². The first-order chi connectivity index (χ1) is 10.0. The van der Waals surface area contributed by atoms with E-state index in [4.69, 9.17) is 5.11 Å². The number of carboxylic acid groups (broad SMARTS) is 1. The zero-order chi connectivity index (χ0) is 15.0. The molecule has 108 valence electrons. The molecule has 3 rings (SSSR count). The SMILES string of the molecule is O=C(O)c1ccc(Nc2cc(=O)[nH]c(C3CC3)n2)c(F)c1. The molecule has 1 aliphatic rings. The molecule has 1 aromatic heterocycles. The number of anilines is 2. The van der Waals surface area contributed by atoms with Crippen LogP contribution in [0, 0.1) is 5.82 Å². The number of hydrogen-bond acceptors (Lipinski definition) is 4. The summed E-state index contributed by atoms with van der Waals surface area (Å²) in [7, 11) is 0. The van der Waals surface area contributed by atoms with Crippen molar-refractivity contribution in [3.05, 3.63) is 51.8 Å². The van der Waals surface area contributed by atoms with Gasteiger partial charge in [-0.05, 0) is 31.0 Å². The van der Waals surface area contributed by atoms with Gasteiger partial charge in [-0.1, -0.05) is 0 Å². The number of carbonyl (C=O) groups is 1. The summed E-state index contributed by atoms with van der Waals surface area (Å²) < 4.78 is 13.8. The number of carboxylic acids is 1. The largest absolute Gasteiger partial charge is 0.478 e. The number of rotatable bonds is 4. The fraction of sp³-hybridized carbons (Fsp3) is 0.214. The summed E-state index contributed by atoms with van der Waals surface area (Å²) >= 11 is 0. The van der Waals surface area contributed by atoms with Crippen molar-refractivity contribution in [1.29, 1.82) is 0 Å². The van der Waals surface area contributed by atoms with Crippen LogP contribution in [-0.4, -0.2) is 21.0 Å². The highest BCUT2D eigenvalue weighted by atomic mass is 19.1. The van der Waals surface area contributed by atoms with Gasteiger partial charge in [-0.3, -0.25) is 4.79 Å². The molecule has 0 radical (unpaired) electrons. The third kappa shape index (κ3) is 2.91. The third-order valence-corrected chi connectivity index (χ3v) is 3.20. The van der Waals surface area contributed by atoms with Crippen LogP contribution >= 0.6 is 0 Å². The highest BCUT2D eigenvalue weighted by Crippen LogP contribution is 2.37. The van der Waals surface area contributed by atoms with Crippen LogP contribution in [0.25, 0.3) is 0 Å². The van der Waals surface area contributed by atoms with Crippen molar-refractivity contribution in [1.82, 2.24) is 9.97 Å². The van der Waals surface area contributed by atoms with Crippen LogP contribution in [-0.2, 0) is 0 Å². The molecule has 1 fully saturated rings. The van der Waals surface area contributed by atoms with Gasteiger partial charge in [-0.15, -0.1) is 0 Å². The lowest BCUT2D eigenvalue weighted by atomic mass is 10.2. The maximum atomic E-state index is 13.8. The van der Waals surface area contributed by atoms with E-state index in [0.717, 1.165) is 18.9 Å². The van der Waals surface area contributed by atoms with Crippen molar-refractivity contribution in [2.45, 2.75) is 18.8 Å². The van der Waals surface area contributed by atoms with Gasteiger partial charge < -0.3 is 15.4 Å². The number of H-pyrrole nitrogens is 1. The van der Waals surface area contributed by atoms with Crippen LogP contribution < -0.4 is 10.9 Å². The predicted octanol–water partition coefficient (Wildman–Crippen LogP) is 2.23. The molecule has 0 saturated heterocycles. The van der Waals surface area contributed by atoms with E-state index in [2.05, 4.69) is 15.3 Å². The molecule has 0 amide bonds. The molecule has 1 saturated carbocycles. The van der Waals surface area contributed by atoms with E-state index in [9.17, 15) is 14.0 Å². The van der Waals surface area contributed by atoms with E-state index in [1.807, 2.05) is 0 Å². The molecule has 1 aromatic carbocycles.